The zero-order valence-corrected chi connectivity index (χ0v) is 14.0. The maximum atomic E-state index is 14.2. The van der Waals surface area contributed by atoms with E-state index >= 15 is 0 Å². The number of fused-ring (bicyclic) bond motifs is 1. The van der Waals surface area contributed by atoms with Gasteiger partial charge in [0.25, 0.3) is 0 Å². The lowest BCUT2D eigenvalue weighted by atomic mass is 9.88. The molecule has 2 aliphatic heterocycles. The summed E-state index contributed by atoms with van der Waals surface area (Å²) in [4.78, 5) is 4.33. The van der Waals surface area contributed by atoms with Gasteiger partial charge >= 0.3 is 0 Å². The molecule has 0 spiro atoms. The highest BCUT2D eigenvalue weighted by Gasteiger charge is 2.39. The third-order valence-corrected chi connectivity index (χ3v) is 5.42. The number of H-pyrrole nitrogens is 1. The monoisotopic (exact) mass is 348 g/mol. The molecule has 134 valence electrons. The smallest absolute Gasteiger partial charge is 0.150 e. The molecule has 5 N–H and O–H groups in total. The average molecular weight is 348 g/mol. The first-order chi connectivity index (χ1) is 11.9. The van der Waals surface area contributed by atoms with Crippen molar-refractivity contribution in [2.45, 2.75) is 37.6 Å². The van der Waals surface area contributed by atoms with Gasteiger partial charge in [0.2, 0.25) is 0 Å². The summed E-state index contributed by atoms with van der Waals surface area (Å²) in [6.07, 6.45) is 0.711. The third-order valence-electron chi connectivity index (χ3n) is 5.42. The van der Waals surface area contributed by atoms with Crippen molar-refractivity contribution in [2.75, 3.05) is 19.3 Å². The van der Waals surface area contributed by atoms with Gasteiger partial charge in [0.15, 0.2) is 0 Å². The summed E-state index contributed by atoms with van der Waals surface area (Å²) in [6, 6.07) is 3.16. The van der Waals surface area contributed by atoms with Gasteiger partial charge in [0.05, 0.1) is 11.7 Å². The number of nitrogens with two attached hydrogens (primary N) is 2. The Morgan fingerprint density at radius 3 is 2.80 bits per heavy atom. The highest BCUT2D eigenvalue weighted by molar-refractivity contribution is 5.44. The van der Waals surface area contributed by atoms with Crippen molar-refractivity contribution in [1.29, 1.82) is 0 Å². The van der Waals surface area contributed by atoms with Crippen molar-refractivity contribution in [3.63, 3.8) is 0 Å². The first-order valence-corrected chi connectivity index (χ1v) is 8.40. The normalized spacial score (nSPS) is 27.6. The number of nitrogens with one attached hydrogen (secondary N) is 1. The summed E-state index contributed by atoms with van der Waals surface area (Å²) >= 11 is 0. The zero-order valence-electron chi connectivity index (χ0n) is 14.0. The van der Waals surface area contributed by atoms with Crippen LogP contribution in [-0.4, -0.2) is 45.7 Å². The molecule has 1 aromatic carbocycles. The number of likely N-dealkylation sites (N-methyl/N-ethyl adjacent to an activating group) is 1. The van der Waals surface area contributed by atoms with Crippen molar-refractivity contribution in [3.8, 4) is 0 Å². The van der Waals surface area contributed by atoms with Gasteiger partial charge in [0.1, 0.15) is 17.5 Å². The summed E-state index contributed by atoms with van der Waals surface area (Å²) in [5, 5.41) is 7.00. The van der Waals surface area contributed by atoms with Crippen LogP contribution in [-0.2, 0) is 13.1 Å². The lowest BCUT2D eigenvalue weighted by Gasteiger charge is -2.44. The van der Waals surface area contributed by atoms with Crippen molar-refractivity contribution >= 4 is 5.82 Å². The second kappa shape index (κ2) is 6.05. The summed E-state index contributed by atoms with van der Waals surface area (Å²) in [5.74, 6) is -0.312. The maximum absolute atomic E-state index is 14.2. The Morgan fingerprint density at radius 1 is 1.28 bits per heavy atom. The van der Waals surface area contributed by atoms with Gasteiger partial charge in [-0.2, -0.15) is 5.10 Å². The van der Waals surface area contributed by atoms with Crippen LogP contribution < -0.4 is 11.5 Å². The summed E-state index contributed by atoms with van der Waals surface area (Å²) in [6.45, 7) is 2.22. The van der Waals surface area contributed by atoms with Crippen LogP contribution in [0.5, 0.6) is 0 Å². The molecule has 1 aromatic heterocycles. The molecule has 0 bridgehead atoms. The molecule has 25 heavy (non-hydrogen) atoms. The second-order valence-corrected chi connectivity index (χ2v) is 7.07. The molecule has 1 fully saturated rings. The fraction of sp³-hybridized carbons (Fsp3) is 0.471. The van der Waals surface area contributed by atoms with Gasteiger partial charge in [0, 0.05) is 42.8 Å². The molecule has 0 unspecified atom stereocenters. The zero-order chi connectivity index (χ0) is 17.7. The van der Waals surface area contributed by atoms with E-state index in [9.17, 15) is 8.78 Å². The number of anilines is 1. The molecule has 0 amide bonds. The Hall–Kier alpha value is -2.03. The first-order valence-electron chi connectivity index (χ1n) is 8.40. The van der Waals surface area contributed by atoms with E-state index in [1.54, 1.807) is 0 Å². The van der Waals surface area contributed by atoms with E-state index in [2.05, 4.69) is 15.1 Å². The van der Waals surface area contributed by atoms with E-state index in [4.69, 9.17) is 11.5 Å². The highest BCUT2D eigenvalue weighted by Crippen LogP contribution is 2.35. The van der Waals surface area contributed by atoms with Crippen LogP contribution in [0.15, 0.2) is 18.2 Å². The van der Waals surface area contributed by atoms with E-state index in [0.717, 1.165) is 37.0 Å². The lowest BCUT2D eigenvalue weighted by molar-refractivity contribution is 0.0587. The topological polar surface area (TPSA) is 87.2 Å². The van der Waals surface area contributed by atoms with E-state index in [-0.39, 0.29) is 18.1 Å². The SMILES string of the molecule is CN1C[C@H](N2Cc3[nH]nc(N)c3C2)C[C@H](N)[C@H]1c1cc(F)ccc1F. The van der Waals surface area contributed by atoms with Crippen molar-refractivity contribution in [3.05, 3.63) is 46.7 Å². The fourth-order valence-corrected chi connectivity index (χ4v) is 4.21. The van der Waals surface area contributed by atoms with E-state index in [0.29, 0.717) is 17.8 Å². The number of aromatic nitrogens is 2. The summed E-state index contributed by atoms with van der Waals surface area (Å²) in [7, 11) is 1.91. The van der Waals surface area contributed by atoms with Crippen LogP contribution in [0.25, 0.3) is 0 Å². The van der Waals surface area contributed by atoms with Crippen LogP contribution in [0.2, 0.25) is 0 Å². The minimum atomic E-state index is -0.444. The standard InChI is InChI=1S/C17H22F2N6/c1-24-6-10(25-7-12-15(8-25)22-23-17(12)21)5-14(20)16(24)11-4-9(18)2-3-13(11)19/h2-4,10,14,16H,5-8,20H2,1H3,(H3,21,22,23)/t10-,14+,16-/m1/s1. The number of nitrogen functional groups attached to an aromatic ring is 1. The molecular weight excluding hydrogens is 326 g/mol. The molecule has 0 aliphatic carbocycles. The minimum absolute atomic E-state index is 0.230. The number of rotatable bonds is 2. The number of halogens is 2. The molecule has 4 rings (SSSR count). The van der Waals surface area contributed by atoms with E-state index < -0.39 is 11.6 Å². The highest BCUT2D eigenvalue weighted by atomic mass is 19.1. The van der Waals surface area contributed by atoms with Crippen LogP contribution in [0, 0.1) is 11.6 Å². The van der Waals surface area contributed by atoms with Crippen molar-refractivity contribution < 1.29 is 8.78 Å². The average Bonchev–Trinajstić information content (AvgIpc) is 3.12. The van der Waals surface area contributed by atoms with Gasteiger partial charge in [-0.25, -0.2) is 8.78 Å². The van der Waals surface area contributed by atoms with Gasteiger partial charge < -0.3 is 11.5 Å². The number of hydrogen-bond acceptors (Lipinski definition) is 5. The van der Waals surface area contributed by atoms with Crippen molar-refractivity contribution in [2.24, 2.45) is 5.73 Å². The quantitative estimate of drug-likeness (QED) is 0.763. The molecule has 8 heteroatoms. The van der Waals surface area contributed by atoms with Gasteiger partial charge in [-0.1, -0.05) is 0 Å². The second-order valence-electron chi connectivity index (χ2n) is 7.07. The third kappa shape index (κ3) is 2.80. The van der Waals surface area contributed by atoms with E-state index in [1.807, 2.05) is 11.9 Å². The number of piperidine rings is 1. The van der Waals surface area contributed by atoms with Crippen molar-refractivity contribution in [1.82, 2.24) is 20.0 Å². The molecule has 0 radical (unpaired) electrons. The summed E-state index contributed by atoms with van der Waals surface area (Å²) in [5.41, 5.74) is 14.7. The molecule has 6 nitrogen and oxygen atoms in total. The molecule has 3 heterocycles. The van der Waals surface area contributed by atoms with Gasteiger partial charge in [-0.15, -0.1) is 0 Å². The number of aromatic amines is 1. The number of benzene rings is 1. The molecule has 0 saturated carbocycles. The lowest BCUT2D eigenvalue weighted by Crippen LogP contribution is -2.54. The molecular formula is C17H22F2N6. The van der Waals surface area contributed by atoms with E-state index in [1.165, 1.54) is 12.1 Å². The first kappa shape index (κ1) is 16.4. The number of likely N-dealkylation sites (tertiary alicyclic amines) is 1. The predicted octanol–water partition coefficient (Wildman–Crippen LogP) is 1.36. The predicted molar refractivity (Wildman–Crippen MR) is 90.4 cm³/mol. The van der Waals surface area contributed by atoms with Crippen LogP contribution in [0.4, 0.5) is 14.6 Å². The van der Waals surface area contributed by atoms with Gasteiger partial charge in [-0.3, -0.25) is 14.9 Å². The van der Waals surface area contributed by atoms with Gasteiger partial charge in [-0.05, 0) is 31.7 Å². The fourth-order valence-electron chi connectivity index (χ4n) is 4.21. The molecule has 2 aliphatic rings. The Kier molecular flexibility index (Phi) is 3.98. The Bertz CT molecular complexity index is 779. The maximum Gasteiger partial charge on any atom is 0.150 e. The Labute approximate surface area is 144 Å². The number of hydrogen-bond donors (Lipinski definition) is 3. The largest absolute Gasteiger partial charge is 0.382 e. The molecule has 3 atom stereocenters. The Morgan fingerprint density at radius 2 is 2.08 bits per heavy atom. The van der Waals surface area contributed by atoms with Crippen LogP contribution in [0.3, 0.4) is 0 Å². The minimum Gasteiger partial charge on any atom is -0.382 e. The molecule has 1 saturated heterocycles. The number of nitrogens with zero attached hydrogens (tertiary/aromatic N) is 3. The van der Waals surface area contributed by atoms with Crippen LogP contribution >= 0.6 is 0 Å². The summed E-state index contributed by atoms with van der Waals surface area (Å²) < 4.78 is 27.8. The van der Waals surface area contributed by atoms with Crippen LogP contribution in [0.1, 0.15) is 29.3 Å². The Balaban J connectivity index is 1.52. The molecule has 2 aromatic rings.